The van der Waals surface area contributed by atoms with E-state index in [0.29, 0.717) is 19.8 Å². The first-order valence-electron chi connectivity index (χ1n) is 7.83. The summed E-state index contributed by atoms with van der Waals surface area (Å²) in [6.07, 6.45) is -1.43. The van der Waals surface area contributed by atoms with Crippen molar-refractivity contribution in [1.82, 2.24) is 9.62 Å². The molecule has 0 aromatic heterocycles. The van der Waals surface area contributed by atoms with E-state index in [-0.39, 0.29) is 11.5 Å². The van der Waals surface area contributed by atoms with E-state index >= 15 is 0 Å². The van der Waals surface area contributed by atoms with Crippen LogP contribution in [0.1, 0.15) is 0 Å². The smallest absolute Gasteiger partial charge is 0.241 e. The van der Waals surface area contributed by atoms with Gasteiger partial charge in [0, 0.05) is 19.6 Å². The Morgan fingerprint density at radius 1 is 1.33 bits per heavy atom. The number of aliphatic hydroxyl groups excluding tert-OH is 1. The summed E-state index contributed by atoms with van der Waals surface area (Å²) >= 11 is 0. The Labute approximate surface area is 140 Å². The van der Waals surface area contributed by atoms with Crippen molar-refractivity contribution >= 4 is 10.0 Å². The average molecular weight is 360 g/mol. The summed E-state index contributed by atoms with van der Waals surface area (Å²) in [7, 11) is -3.92. The normalized spacial score (nSPS) is 29.0. The van der Waals surface area contributed by atoms with E-state index in [9.17, 15) is 17.9 Å². The van der Waals surface area contributed by atoms with Crippen molar-refractivity contribution in [2.75, 3.05) is 39.5 Å². The number of sulfonamides is 1. The van der Waals surface area contributed by atoms with Crippen molar-refractivity contribution in [3.8, 4) is 0 Å². The van der Waals surface area contributed by atoms with Gasteiger partial charge in [-0.2, -0.15) is 0 Å². The fraction of sp³-hybridized carbons (Fsp3) is 0.600. The lowest BCUT2D eigenvalue weighted by atomic mass is 10.1. The maximum atomic E-state index is 13.2. The molecule has 0 aliphatic carbocycles. The largest absolute Gasteiger partial charge is 0.389 e. The number of benzene rings is 1. The molecule has 2 aliphatic heterocycles. The van der Waals surface area contributed by atoms with Crippen molar-refractivity contribution in [2.24, 2.45) is 0 Å². The second-order valence-electron chi connectivity index (χ2n) is 5.96. The molecule has 1 aromatic carbocycles. The first-order chi connectivity index (χ1) is 11.5. The van der Waals surface area contributed by atoms with Crippen molar-refractivity contribution in [1.29, 1.82) is 0 Å². The summed E-state index contributed by atoms with van der Waals surface area (Å²) in [5, 5.41) is 10.4. The van der Waals surface area contributed by atoms with Gasteiger partial charge in [0.05, 0.1) is 43.0 Å². The number of nitrogens with one attached hydrogen (secondary N) is 1. The molecule has 3 rings (SSSR count). The monoisotopic (exact) mass is 360 g/mol. The first-order valence-corrected chi connectivity index (χ1v) is 9.32. The molecule has 0 spiro atoms. The van der Waals surface area contributed by atoms with Crippen LogP contribution in [-0.4, -0.2) is 76.1 Å². The van der Waals surface area contributed by atoms with Gasteiger partial charge in [0.25, 0.3) is 0 Å². The molecule has 0 saturated carbocycles. The van der Waals surface area contributed by atoms with Crippen molar-refractivity contribution < 1.29 is 27.4 Å². The number of ether oxygens (including phenoxy) is 2. The van der Waals surface area contributed by atoms with Crippen molar-refractivity contribution in [2.45, 2.75) is 23.1 Å². The summed E-state index contributed by atoms with van der Waals surface area (Å²) in [5.74, 6) is -0.633. The molecule has 9 heteroatoms. The van der Waals surface area contributed by atoms with Crippen LogP contribution >= 0.6 is 0 Å². The van der Waals surface area contributed by atoms with Gasteiger partial charge >= 0.3 is 0 Å². The van der Waals surface area contributed by atoms with Crippen LogP contribution < -0.4 is 4.72 Å². The molecule has 134 valence electrons. The Kier molecular flexibility index (Phi) is 5.48. The molecule has 0 radical (unpaired) electrons. The summed E-state index contributed by atoms with van der Waals surface area (Å²) in [6.45, 7) is 3.38. The standard InChI is InChI=1S/C15H21FN2O5S/c16-11-2-1-3-12(8-11)24(20,21)17-13-10-23-14(15(13)19)9-18-4-6-22-7-5-18/h1-3,8,13-15,17,19H,4-7,9-10H2/t13-,14-,15+/m0/s1. The molecule has 0 bridgehead atoms. The number of hydrogen-bond acceptors (Lipinski definition) is 6. The van der Waals surface area contributed by atoms with E-state index in [1.54, 1.807) is 0 Å². The molecule has 7 nitrogen and oxygen atoms in total. The number of halogens is 1. The molecule has 2 heterocycles. The van der Waals surface area contributed by atoms with E-state index in [0.717, 1.165) is 19.2 Å². The van der Waals surface area contributed by atoms with Gasteiger partial charge in [-0.15, -0.1) is 0 Å². The fourth-order valence-electron chi connectivity index (χ4n) is 2.89. The molecule has 24 heavy (non-hydrogen) atoms. The molecular weight excluding hydrogens is 339 g/mol. The van der Waals surface area contributed by atoms with Gasteiger partial charge in [-0.25, -0.2) is 17.5 Å². The highest BCUT2D eigenvalue weighted by atomic mass is 32.2. The number of morpholine rings is 1. The number of hydrogen-bond donors (Lipinski definition) is 2. The van der Waals surface area contributed by atoms with Crippen molar-refractivity contribution in [3.05, 3.63) is 30.1 Å². The average Bonchev–Trinajstić information content (AvgIpc) is 2.89. The maximum Gasteiger partial charge on any atom is 0.241 e. The van der Waals surface area contributed by atoms with Gasteiger partial charge in [-0.3, -0.25) is 4.90 Å². The van der Waals surface area contributed by atoms with Gasteiger partial charge in [-0.1, -0.05) is 6.07 Å². The van der Waals surface area contributed by atoms with Crippen LogP contribution in [0.5, 0.6) is 0 Å². The minimum Gasteiger partial charge on any atom is -0.389 e. The quantitative estimate of drug-likeness (QED) is 0.741. The lowest BCUT2D eigenvalue weighted by Crippen LogP contribution is -2.48. The van der Waals surface area contributed by atoms with Gasteiger partial charge in [-0.05, 0) is 18.2 Å². The van der Waals surface area contributed by atoms with E-state index in [1.165, 1.54) is 18.2 Å². The Balaban J connectivity index is 1.61. The predicted octanol–water partition coefficient (Wildman–Crippen LogP) is -0.435. The molecule has 0 amide bonds. The number of rotatable bonds is 5. The highest BCUT2D eigenvalue weighted by Gasteiger charge is 2.39. The third kappa shape index (κ3) is 4.11. The highest BCUT2D eigenvalue weighted by molar-refractivity contribution is 7.89. The van der Waals surface area contributed by atoms with Crippen LogP contribution in [0.3, 0.4) is 0 Å². The first kappa shape index (κ1) is 17.7. The van der Waals surface area contributed by atoms with Crippen LogP contribution in [0, 0.1) is 5.82 Å². The van der Waals surface area contributed by atoms with E-state index in [2.05, 4.69) is 9.62 Å². The molecule has 2 saturated heterocycles. The fourth-order valence-corrected chi connectivity index (χ4v) is 4.16. The van der Waals surface area contributed by atoms with Gasteiger partial charge in [0.2, 0.25) is 10.0 Å². The molecule has 2 N–H and O–H groups in total. The molecule has 2 fully saturated rings. The van der Waals surface area contributed by atoms with Crippen LogP contribution in [-0.2, 0) is 19.5 Å². The van der Waals surface area contributed by atoms with E-state index in [4.69, 9.17) is 9.47 Å². The molecule has 2 aliphatic rings. The Hall–Kier alpha value is -1.10. The zero-order valence-electron chi connectivity index (χ0n) is 13.1. The van der Waals surface area contributed by atoms with Crippen LogP contribution in [0.4, 0.5) is 4.39 Å². The molecule has 0 unspecified atom stereocenters. The summed E-state index contributed by atoms with van der Waals surface area (Å²) in [4.78, 5) is 1.94. The van der Waals surface area contributed by atoms with E-state index < -0.39 is 34.1 Å². The van der Waals surface area contributed by atoms with E-state index in [1.807, 2.05) is 0 Å². The van der Waals surface area contributed by atoms with Crippen LogP contribution in [0.2, 0.25) is 0 Å². The minimum atomic E-state index is -3.92. The van der Waals surface area contributed by atoms with Crippen LogP contribution in [0.15, 0.2) is 29.2 Å². The Morgan fingerprint density at radius 2 is 2.08 bits per heavy atom. The second-order valence-corrected chi connectivity index (χ2v) is 7.67. The SMILES string of the molecule is O=S(=O)(N[C@H]1CO[C@@H](CN2CCOCC2)[C@@H]1O)c1cccc(F)c1. The maximum absolute atomic E-state index is 13.2. The Bertz CT molecular complexity index is 666. The summed E-state index contributed by atoms with van der Waals surface area (Å²) in [6, 6.07) is 3.98. The van der Waals surface area contributed by atoms with Crippen molar-refractivity contribution in [3.63, 3.8) is 0 Å². The highest BCUT2D eigenvalue weighted by Crippen LogP contribution is 2.19. The third-order valence-electron chi connectivity index (χ3n) is 4.24. The minimum absolute atomic E-state index is 0.0741. The van der Waals surface area contributed by atoms with Gasteiger partial charge < -0.3 is 14.6 Å². The molecule has 3 atom stereocenters. The zero-order chi connectivity index (χ0) is 17.2. The van der Waals surface area contributed by atoms with Gasteiger partial charge in [0.15, 0.2) is 0 Å². The topological polar surface area (TPSA) is 88.1 Å². The van der Waals surface area contributed by atoms with Crippen LogP contribution in [0.25, 0.3) is 0 Å². The second kappa shape index (κ2) is 7.42. The summed E-state index contributed by atoms with van der Waals surface area (Å²) in [5.41, 5.74) is 0. The Morgan fingerprint density at radius 3 is 2.79 bits per heavy atom. The lowest BCUT2D eigenvalue weighted by molar-refractivity contribution is -0.0179. The third-order valence-corrected chi connectivity index (χ3v) is 5.73. The number of aliphatic hydroxyl groups is 1. The predicted molar refractivity (Wildman–Crippen MR) is 83.5 cm³/mol. The lowest BCUT2D eigenvalue weighted by Gasteiger charge is -2.29. The number of nitrogens with zero attached hydrogens (tertiary/aromatic N) is 1. The molecule has 1 aromatic rings. The molecular formula is C15H21FN2O5S. The van der Waals surface area contributed by atoms with Gasteiger partial charge in [0.1, 0.15) is 5.82 Å². The summed E-state index contributed by atoms with van der Waals surface area (Å²) < 4.78 is 51.1. The zero-order valence-corrected chi connectivity index (χ0v) is 13.9.